The lowest BCUT2D eigenvalue weighted by atomic mass is 10.3. The van der Waals surface area contributed by atoms with Crippen molar-refractivity contribution in [2.24, 2.45) is 9.98 Å². The van der Waals surface area contributed by atoms with Crippen molar-refractivity contribution < 1.29 is 0 Å². The second-order valence-electron chi connectivity index (χ2n) is 5.49. The molecule has 4 nitrogen and oxygen atoms in total. The first-order valence-electron chi connectivity index (χ1n) is 7.46. The maximum Gasteiger partial charge on any atom is 0.202 e. The summed E-state index contributed by atoms with van der Waals surface area (Å²) >= 11 is 7.48. The lowest BCUT2D eigenvalue weighted by Crippen LogP contribution is -2.35. The minimum absolute atomic E-state index is 0.668. The van der Waals surface area contributed by atoms with E-state index in [0.717, 1.165) is 16.5 Å². The quantitative estimate of drug-likeness (QED) is 0.445. The van der Waals surface area contributed by atoms with E-state index in [4.69, 9.17) is 16.6 Å². The minimum atomic E-state index is 0.668. The van der Waals surface area contributed by atoms with E-state index < -0.39 is 0 Å². The SMILES string of the molecule is CN(C)C(=NC(=Nc1ccc(Cl)cc1)Sc1ccccc1)N(C)C. The Balaban J connectivity index is 2.40. The summed E-state index contributed by atoms with van der Waals surface area (Å²) in [5.74, 6) is 0.825. The minimum Gasteiger partial charge on any atom is -0.349 e. The second kappa shape index (κ2) is 8.76. The van der Waals surface area contributed by atoms with Crippen LogP contribution in [0.2, 0.25) is 5.02 Å². The van der Waals surface area contributed by atoms with Crippen LogP contribution >= 0.6 is 23.4 Å². The van der Waals surface area contributed by atoms with Crippen LogP contribution in [0.3, 0.4) is 0 Å². The van der Waals surface area contributed by atoms with Crippen LogP contribution in [0, 0.1) is 0 Å². The Hall–Kier alpha value is -1.98. The Bertz CT molecular complexity index is 700. The Labute approximate surface area is 152 Å². The maximum atomic E-state index is 5.95. The predicted molar refractivity (Wildman–Crippen MR) is 106 cm³/mol. The van der Waals surface area contributed by atoms with Crippen molar-refractivity contribution in [1.82, 2.24) is 9.80 Å². The van der Waals surface area contributed by atoms with Crippen LogP contribution in [0.4, 0.5) is 5.69 Å². The highest BCUT2D eigenvalue weighted by Gasteiger charge is 2.09. The third kappa shape index (κ3) is 5.58. The highest BCUT2D eigenvalue weighted by Crippen LogP contribution is 2.24. The summed E-state index contributed by atoms with van der Waals surface area (Å²) < 4.78 is 0. The molecule has 0 aliphatic heterocycles. The van der Waals surface area contributed by atoms with Crippen LogP contribution in [0.1, 0.15) is 0 Å². The van der Waals surface area contributed by atoms with E-state index in [-0.39, 0.29) is 0 Å². The van der Waals surface area contributed by atoms with Crippen LogP contribution in [0.25, 0.3) is 0 Å². The van der Waals surface area contributed by atoms with Crippen molar-refractivity contribution in [3.63, 3.8) is 0 Å². The van der Waals surface area contributed by atoms with Gasteiger partial charge >= 0.3 is 0 Å². The average Bonchev–Trinajstić information content (AvgIpc) is 2.55. The van der Waals surface area contributed by atoms with E-state index in [0.29, 0.717) is 10.2 Å². The summed E-state index contributed by atoms with van der Waals surface area (Å²) in [6, 6.07) is 17.5. The molecule has 0 radical (unpaired) electrons. The smallest absolute Gasteiger partial charge is 0.202 e. The van der Waals surface area contributed by atoms with Crippen LogP contribution in [0.5, 0.6) is 0 Å². The van der Waals surface area contributed by atoms with Gasteiger partial charge in [0.05, 0.1) is 5.69 Å². The summed E-state index contributed by atoms with van der Waals surface area (Å²) in [5.41, 5.74) is 0.818. The molecule has 2 aromatic rings. The molecule has 0 N–H and O–H groups in total. The molecule has 0 aliphatic rings. The fourth-order valence-corrected chi connectivity index (χ4v) is 2.88. The molecule has 0 aromatic heterocycles. The molecule has 0 spiro atoms. The van der Waals surface area contributed by atoms with Crippen LogP contribution in [0.15, 0.2) is 69.5 Å². The number of nitrogens with zero attached hydrogens (tertiary/aromatic N) is 4. The summed E-state index contributed by atoms with van der Waals surface area (Å²) in [7, 11) is 7.86. The topological polar surface area (TPSA) is 31.2 Å². The summed E-state index contributed by atoms with van der Waals surface area (Å²) in [6.07, 6.45) is 0. The summed E-state index contributed by atoms with van der Waals surface area (Å²) in [6.45, 7) is 0. The molecule has 24 heavy (non-hydrogen) atoms. The monoisotopic (exact) mass is 360 g/mol. The number of hydrogen-bond acceptors (Lipinski definition) is 2. The Morgan fingerprint density at radius 3 is 2.00 bits per heavy atom. The van der Waals surface area contributed by atoms with Crippen molar-refractivity contribution >= 4 is 40.2 Å². The molecule has 0 heterocycles. The van der Waals surface area contributed by atoms with Gasteiger partial charge in [-0.15, -0.1) is 0 Å². The number of guanidine groups is 1. The van der Waals surface area contributed by atoms with Gasteiger partial charge in [0.25, 0.3) is 0 Å². The number of halogens is 1. The Kier molecular flexibility index (Phi) is 6.70. The number of aliphatic imine (C=N–C) groups is 2. The Morgan fingerprint density at radius 2 is 1.46 bits per heavy atom. The number of hydrogen-bond donors (Lipinski definition) is 0. The lowest BCUT2D eigenvalue weighted by Gasteiger charge is -2.22. The number of amidine groups is 1. The molecule has 0 amide bonds. The van der Waals surface area contributed by atoms with E-state index in [1.54, 1.807) is 0 Å². The molecule has 0 unspecified atom stereocenters. The van der Waals surface area contributed by atoms with E-state index >= 15 is 0 Å². The maximum absolute atomic E-state index is 5.95. The summed E-state index contributed by atoms with van der Waals surface area (Å²) in [4.78, 5) is 14.4. The second-order valence-corrected chi connectivity index (χ2v) is 6.96. The van der Waals surface area contributed by atoms with E-state index in [9.17, 15) is 0 Å². The van der Waals surface area contributed by atoms with Gasteiger partial charge in [0.1, 0.15) is 0 Å². The first-order chi connectivity index (χ1) is 11.5. The zero-order valence-corrected chi connectivity index (χ0v) is 15.8. The van der Waals surface area contributed by atoms with Gasteiger partial charge in [0.15, 0.2) is 5.17 Å². The molecule has 6 heteroatoms. The van der Waals surface area contributed by atoms with Crippen molar-refractivity contribution in [3.05, 3.63) is 59.6 Å². The molecule has 0 saturated heterocycles. The van der Waals surface area contributed by atoms with Gasteiger partial charge in [0, 0.05) is 38.1 Å². The highest BCUT2D eigenvalue weighted by atomic mass is 35.5. The predicted octanol–water partition coefficient (Wildman–Crippen LogP) is 4.60. The first kappa shape index (κ1) is 18.4. The normalized spacial score (nSPS) is 11.1. The number of rotatable bonds is 2. The van der Waals surface area contributed by atoms with Gasteiger partial charge in [0.2, 0.25) is 5.96 Å². The van der Waals surface area contributed by atoms with Gasteiger partial charge in [-0.1, -0.05) is 29.8 Å². The Morgan fingerprint density at radius 1 is 0.875 bits per heavy atom. The molecule has 0 bridgehead atoms. The molecular weight excluding hydrogens is 340 g/mol. The largest absolute Gasteiger partial charge is 0.349 e. The fraction of sp³-hybridized carbons (Fsp3) is 0.222. The van der Waals surface area contributed by atoms with Crippen LogP contribution in [-0.2, 0) is 0 Å². The zero-order valence-electron chi connectivity index (χ0n) is 14.3. The van der Waals surface area contributed by atoms with E-state index in [1.165, 1.54) is 11.8 Å². The molecule has 126 valence electrons. The summed E-state index contributed by atoms with van der Waals surface area (Å²) in [5, 5.41) is 1.36. The molecule has 0 atom stereocenters. The van der Waals surface area contributed by atoms with Crippen molar-refractivity contribution in [2.75, 3.05) is 28.2 Å². The third-order valence-corrected chi connectivity index (χ3v) is 4.12. The lowest BCUT2D eigenvalue weighted by molar-refractivity contribution is 0.485. The van der Waals surface area contributed by atoms with Gasteiger partial charge in [-0.25, -0.2) is 4.99 Å². The highest BCUT2D eigenvalue weighted by molar-refractivity contribution is 8.14. The molecular formula is C18H21ClN4S. The fourth-order valence-electron chi connectivity index (χ4n) is 1.98. The molecule has 2 rings (SSSR count). The van der Waals surface area contributed by atoms with Crippen molar-refractivity contribution in [3.8, 4) is 0 Å². The number of benzene rings is 2. The van der Waals surface area contributed by atoms with E-state index in [2.05, 4.69) is 4.99 Å². The molecule has 2 aromatic carbocycles. The first-order valence-corrected chi connectivity index (χ1v) is 8.65. The van der Waals surface area contributed by atoms with Crippen LogP contribution in [-0.4, -0.2) is 49.1 Å². The molecule has 0 fully saturated rings. The van der Waals surface area contributed by atoms with Crippen LogP contribution < -0.4 is 0 Å². The van der Waals surface area contributed by atoms with Gasteiger partial charge in [-0.05, 0) is 48.2 Å². The molecule has 0 aliphatic carbocycles. The van der Waals surface area contributed by atoms with Gasteiger partial charge in [-0.2, -0.15) is 4.99 Å². The zero-order chi connectivity index (χ0) is 17.5. The molecule has 0 saturated carbocycles. The van der Waals surface area contributed by atoms with Gasteiger partial charge < -0.3 is 9.80 Å². The van der Waals surface area contributed by atoms with Gasteiger partial charge in [-0.3, -0.25) is 0 Å². The third-order valence-electron chi connectivity index (χ3n) is 3.00. The van der Waals surface area contributed by atoms with Crippen molar-refractivity contribution in [2.45, 2.75) is 4.90 Å². The number of thioether (sulfide) groups is 1. The standard InChI is InChI=1S/C18H21ClN4S/c1-22(2)18(23(3)4)21-17(24-16-8-6-5-7-9-16)20-15-12-10-14(19)11-13-15/h5-13H,1-4H3. The average molecular weight is 361 g/mol. The van der Waals surface area contributed by atoms with Crippen molar-refractivity contribution in [1.29, 1.82) is 0 Å². The van der Waals surface area contributed by atoms with E-state index in [1.807, 2.05) is 92.6 Å².